The number of hydrogen-bond donors (Lipinski definition) is 1. The van der Waals surface area contributed by atoms with Gasteiger partial charge in [-0.15, -0.1) is 0 Å². The summed E-state index contributed by atoms with van der Waals surface area (Å²) in [4.78, 5) is 10.8. The molecule has 0 atom stereocenters. The lowest BCUT2D eigenvalue weighted by molar-refractivity contribution is 0.887. The molecule has 2 aromatic rings. The Morgan fingerprint density at radius 3 is 3.00 bits per heavy atom. The molecule has 2 rings (SSSR count). The van der Waals surface area contributed by atoms with Gasteiger partial charge in [-0.1, -0.05) is 0 Å². The predicted octanol–water partition coefficient (Wildman–Crippen LogP) is 1.79. The first-order valence-corrected chi connectivity index (χ1v) is 5.83. The Morgan fingerprint density at radius 2 is 2.25 bits per heavy atom. The predicted molar refractivity (Wildman–Crippen MR) is 69.6 cm³/mol. The van der Waals surface area contributed by atoms with Crippen LogP contribution >= 0.6 is 15.9 Å². The molecule has 0 fully saturated rings. The molecule has 2 aromatic heterocycles. The number of hydrogen-bond acceptors (Lipinski definition) is 4. The van der Waals surface area contributed by atoms with E-state index in [0.29, 0.717) is 6.54 Å². The molecule has 0 bridgehead atoms. The minimum Gasteiger partial charge on any atom is -0.371 e. The number of nitrogens with zero attached hydrogens (tertiary/aromatic N) is 3. The molecule has 0 saturated heterocycles. The lowest BCUT2D eigenvalue weighted by Gasteiger charge is -2.19. The third kappa shape index (κ3) is 2.15. The summed E-state index contributed by atoms with van der Waals surface area (Å²) in [5.74, 6) is 0. The van der Waals surface area contributed by atoms with Crippen LogP contribution in [0.5, 0.6) is 0 Å². The number of likely N-dealkylation sites (N-methyl/N-ethyl adjacent to an activating group) is 1. The minimum absolute atomic E-state index is 0.622. The van der Waals surface area contributed by atoms with E-state index in [1.54, 1.807) is 12.4 Å². The van der Waals surface area contributed by atoms with Gasteiger partial charge in [0.15, 0.2) is 0 Å². The van der Waals surface area contributed by atoms with Gasteiger partial charge in [0.05, 0.1) is 11.2 Å². The second kappa shape index (κ2) is 4.76. The van der Waals surface area contributed by atoms with E-state index in [1.807, 2.05) is 19.2 Å². The Labute approximate surface area is 103 Å². The lowest BCUT2D eigenvalue weighted by atomic mass is 10.2. The van der Waals surface area contributed by atoms with Gasteiger partial charge in [-0.3, -0.25) is 9.97 Å². The average molecular weight is 281 g/mol. The highest BCUT2D eigenvalue weighted by Crippen LogP contribution is 2.24. The van der Waals surface area contributed by atoms with Crippen molar-refractivity contribution in [2.75, 3.05) is 25.0 Å². The number of aromatic nitrogens is 2. The Balaban J connectivity index is 2.53. The number of rotatable bonds is 3. The summed E-state index contributed by atoms with van der Waals surface area (Å²) in [7, 11) is 2.01. The molecule has 0 aromatic carbocycles. The fourth-order valence-corrected chi connectivity index (χ4v) is 1.93. The highest BCUT2D eigenvalue weighted by atomic mass is 79.9. The van der Waals surface area contributed by atoms with Gasteiger partial charge in [-0.25, -0.2) is 0 Å². The van der Waals surface area contributed by atoms with Crippen LogP contribution in [0.25, 0.3) is 11.0 Å². The van der Waals surface area contributed by atoms with Crippen molar-refractivity contribution in [3.63, 3.8) is 0 Å². The van der Waals surface area contributed by atoms with Gasteiger partial charge < -0.3 is 10.6 Å². The first-order valence-electron chi connectivity index (χ1n) is 5.04. The molecule has 4 nitrogen and oxygen atoms in total. The maximum absolute atomic E-state index is 5.55. The van der Waals surface area contributed by atoms with Crippen LogP contribution in [-0.4, -0.2) is 30.1 Å². The van der Waals surface area contributed by atoms with Gasteiger partial charge in [-0.2, -0.15) is 0 Å². The van der Waals surface area contributed by atoms with Crippen LogP contribution in [0.15, 0.2) is 29.0 Å². The normalized spacial score (nSPS) is 10.7. The van der Waals surface area contributed by atoms with E-state index in [1.165, 1.54) is 0 Å². The molecule has 0 aliphatic heterocycles. The maximum atomic E-state index is 5.55. The first kappa shape index (κ1) is 11.3. The summed E-state index contributed by atoms with van der Waals surface area (Å²) < 4.78 is 0.936. The molecule has 0 saturated carbocycles. The van der Waals surface area contributed by atoms with Crippen molar-refractivity contribution in [3.8, 4) is 0 Å². The molecule has 0 spiro atoms. The third-order valence-electron chi connectivity index (χ3n) is 2.40. The van der Waals surface area contributed by atoms with Crippen LogP contribution in [0.2, 0.25) is 0 Å². The highest BCUT2D eigenvalue weighted by molar-refractivity contribution is 9.10. The highest BCUT2D eigenvalue weighted by Gasteiger charge is 2.07. The molecule has 2 N–H and O–H groups in total. The van der Waals surface area contributed by atoms with Crippen molar-refractivity contribution in [3.05, 3.63) is 29.0 Å². The van der Waals surface area contributed by atoms with Crippen LogP contribution in [0.3, 0.4) is 0 Å². The largest absolute Gasteiger partial charge is 0.371 e. The summed E-state index contributed by atoms with van der Waals surface area (Å²) in [5, 5.41) is 0. The zero-order valence-corrected chi connectivity index (χ0v) is 10.6. The van der Waals surface area contributed by atoms with E-state index in [9.17, 15) is 0 Å². The first-order chi connectivity index (χ1) is 7.72. The van der Waals surface area contributed by atoms with Crippen LogP contribution in [-0.2, 0) is 0 Å². The van der Waals surface area contributed by atoms with E-state index < -0.39 is 0 Å². The summed E-state index contributed by atoms with van der Waals surface area (Å²) in [6, 6.07) is 3.92. The lowest BCUT2D eigenvalue weighted by Crippen LogP contribution is -2.25. The smallest absolute Gasteiger partial charge is 0.112 e. The molecule has 0 aliphatic carbocycles. The summed E-state index contributed by atoms with van der Waals surface area (Å²) in [6.07, 6.45) is 3.57. The van der Waals surface area contributed by atoms with Crippen LogP contribution in [0.4, 0.5) is 5.69 Å². The zero-order chi connectivity index (χ0) is 11.5. The number of nitrogens with two attached hydrogens (primary N) is 1. The van der Waals surface area contributed by atoms with Gasteiger partial charge in [-0.05, 0) is 28.1 Å². The summed E-state index contributed by atoms with van der Waals surface area (Å²) >= 11 is 3.39. The van der Waals surface area contributed by atoms with Crippen molar-refractivity contribution in [2.45, 2.75) is 0 Å². The third-order valence-corrected chi connectivity index (χ3v) is 2.83. The topological polar surface area (TPSA) is 55.0 Å². The summed E-state index contributed by atoms with van der Waals surface area (Å²) in [5.41, 5.74) is 8.40. The van der Waals surface area contributed by atoms with Crippen molar-refractivity contribution in [2.24, 2.45) is 5.73 Å². The molecule has 5 heteroatoms. The average Bonchev–Trinajstić information content (AvgIpc) is 2.28. The maximum Gasteiger partial charge on any atom is 0.112 e. The minimum atomic E-state index is 0.622. The Bertz CT molecular complexity index is 500. The Hall–Kier alpha value is -1.20. The number of anilines is 1. The van der Waals surface area contributed by atoms with E-state index in [0.717, 1.165) is 27.7 Å². The molecule has 0 radical (unpaired) electrons. The molecule has 2 heterocycles. The second-order valence-corrected chi connectivity index (χ2v) is 4.48. The van der Waals surface area contributed by atoms with Gasteiger partial charge in [0.2, 0.25) is 0 Å². The zero-order valence-electron chi connectivity index (χ0n) is 9.02. The van der Waals surface area contributed by atoms with Crippen molar-refractivity contribution >= 4 is 32.7 Å². The SMILES string of the molecule is CN(CCN)c1ccnc2cc(Br)cnc12. The summed E-state index contributed by atoms with van der Waals surface area (Å²) in [6.45, 7) is 1.42. The van der Waals surface area contributed by atoms with Gasteiger partial charge in [0, 0.05) is 37.0 Å². The molecular formula is C11H13BrN4. The quantitative estimate of drug-likeness (QED) is 0.931. The van der Waals surface area contributed by atoms with E-state index in [2.05, 4.69) is 30.8 Å². The standard InChI is InChI=1S/C11H13BrN4/c1-16(5-3-13)10-2-4-14-9-6-8(12)7-15-11(9)10/h2,4,6-7H,3,5,13H2,1H3. The fourth-order valence-electron chi connectivity index (χ4n) is 1.61. The molecule has 16 heavy (non-hydrogen) atoms. The monoisotopic (exact) mass is 280 g/mol. The fraction of sp³-hybridized carbons (Fsp3) is 0.273. The molecular weight excluding hydrogens is 268 g/mol. The van der Waals surface area contributed by atoms with Crippen molar-refractivity contribution < 1.29 is 0 Å². The molecule has 84 valence electrons. The molecule has 0 amide bonds. The van der Waals surface area contributed by atoms with Crippen LogP contribution in [0.1, 0.15) is 0 Å². The number of pyridine rings is 2. The Morgan fingerprint density at radius 1 is 1.44 bits per heavy atom. The van der Waals surface area contributed by atoms with Crippen molar-refractivity contribution in [1.82, 2.24) is 9.97 Å². The van der Waals surface area contributed by atoms with E-state index in [4.69, 9.17) is 5.73 Å². The number of halogens is 1. The van der Waals surface area contributed by atoms with Crippen LogP contribution < -0.4 is 10.6 Å². The van der Waals surface area contributed by atoms with Gasteiger partial charge in [0.1, 0.15) is 5.52 Å². The second-order valence-electron chi connectivity index (χ2n) is 3.56. The number of fused-ring (bicyclic) bond motifs is 1. The van der Waals surface area contributed by atoms with Crippen molar-refractivity contribution in [1.29, 1.82) is 0 Å². The van der Waals surface area contributed by atoms with Gasteiger partial charge in [0.25, 0.3) is 0 Å². The Kier molecular flexibility index (Phi) is 3.36. The van der Waals surface area contributed by atoms with Gasteiger partial charge >= 0.3 is 0 Å². The van der Waals surface area contributed by atoms with Crippen LogP contribution in [0, 0.1) is 0 Å². The van der Waals surface area contributed by atoms with E-state index >= 15 is 0 Å². The molecule has 0 unspecified atom stereocenters. The van der Waals surface area contributed by atoms with E-state index in [-0.39, 0.29) is 0 Å². The molecule has 0 aliphatic rings.